The minimum Gasteiger partial charge on any atom is -0.497 e. The van der Waals surface area contributed by atoms with Crippen LogP contribution in [-0.4, -0.2) is 49.9 Å². The van der Waals surface area contributed by atoms with E-state index in [1.54, 1.807) is 43.3 Å². The topological polar surface area (TPSA) is 135 Å². The van der Waals surface area contributed by atoms with Crippen LogP contribution in [0.1, 0.15) is 44.7 Å². The fourth-order valence-electron chi connectivity index (χ4n) is 3.75. The Bertz CT molecular complexity index is 1130. The molecule has 2 atom stereocenters. The highest BCUT2D eigenvalue weighted by Crippen LogP contribution is 2.22. The van der Waals surface area contributed by atoms with Gasteiger partial charge in [-0.25, -0.2) is 9.18 Å². The zero-order chi connectivity index (χ0) is 28.9. The Morgan fingerprint density at radius 3 is 2.08 bits per heavy atom. The lowest BCUT2D eigenvalue weighted by Crippen LogP contribution is -2.55. The second-order valence-electron chi connectivity index (χ2n) is 9.34. The number of benzene rings is 2. The van der Waals surface area contributed by atoms with Gasteiger partial charge in [0.05, 0.1) is 20.3 Å². The number of methoxy groups -OCH3 is 2. The normalized spacial score (nSPS) is 12.2. The molecule has 4 amide bonds. The summed E-state index contributed by atoms with van der Waals surface area (Å²) in [4.78, 5) is 50.9. The maximum absolute atomic E-state index is 13.8. The quantitative estimate of drug-likeness (QED) is 0.270. The van der Waals surface area contributed by atoms with Gasteiger partial charge in [-0.2, -0.15) is 0 Å². The number of hydrogen-bond acceptors (Lipinski definition) is 6. The summed E-state index contributed by atoms with van der Waals surface area (Å²) < 4.78 is 24.3. The molecule has 0 saturated carbocycles. The van der Waals surface area contributed by atoms with E-state index in [9.17, 15) is 23.6 Å². The van der Waals surface area contributed by atoms with E-state index in [2.05, 4.69) is 21.3 Å². The standard InChI is InChI=1S/C28H37FN4O6/c1-6-23(25(34)27(36)30-15-18-12-20(38-4)14-21(13-18)39-5)32-26(35)24(11-17(2)3)33-28(37)31-16-19-9-7-8-10-22(19)29/h7-10,12-14,17,23-24H,6,11,15-16H2,1-5H3,(H,30,36)(H,32,35)(H2,31,33,37). The van der Waals surface area contributed by atoms with Gasteiger partial charge in [0.15, 0.2) is 0 Å². The zero-order valence-corrected chi connectivity index (χ0v) is 22.9. The van der Waals surface area contributed by atoms with E-state index in [1.807, 2.05) is 13.8 Å². The maximum Gasteiger partial charge on any atom is 0.315 e. The third-order valence-electron chi connectivity index (χ3n) is 5.86. The third-order valence-corrected chi connectivity index (χ3v) is 5.86. The van der Waals surface area contributed by atoms with Gasteiger partial charge in [0.1, 0.15) is 23.4 Å². The summed E-state index contributed by atoms with van der Waals surface area (Å²) in [6.07, 6.45) is 0.451. The van der Waals surface area contributed by atoms with Crippen LogP contribution in [0.4, 0.5) is 9.18 Å². The molecule has 2 aromatic rings. The predicted molar refractivity (Wildman–Crippen MR) is 144 cm³/mol. The van der Waals surface area contributed by atoms with E-state index in [4.69, 9.17) is 9.47 Å². The Morgan fingerprint density at radius 2 is 1.51 bits per heavy atom. The first-order chi connectivity index (χ1) is 18.6. The number of hydrogen-bond donors (Lipinski definition) is 4. The molecule has 212 valence electrons. The van der Waals surface area contributed by atoms with Crippen molar-refractivity contribution in [2.75, 3.05) is 14.2 Å². The summed E-state index contributed by atoms with van der Waals surface area (Å²) >= 11 is 0. The van der Waals surface area contributed by atoms with Crippen molar-refractivity contribution in [2.45, 2.75) is 58.8 Å². The number of ketones is 1. The number of Topliss-reactive ketones (excluding diaryl/α,β-unsaturated/α-hetero) is 1. The van der Waals surface area contributed by atoms with Gasteiger partial charge in [-0.05, 0) is 42.5 Å². The summed E-state index contributed by atoms with van der Waals surface area (Å²) in [6.45, 7) is 5.40. The van der Waals surface area contributed by atoms with Gasteiger partial charge in [0.2, 0.25) is 11.7 Å². The number of urea groups is 1. The Morgan fingerprint density at radius 1 is 0.872 bits per heavy atom. The van der Waals surface area contributed by atoms with Crippen molar-refractivity contribution in [3.63, 3.8) is 0 Å². The molecule has 0 bridgehead atoms. The molecule has 0 spiro atoms. The molecular weight excluding hydrogens is 507 g/mol. The van der Waals surface area contributed by atoms with E-state index in [0.29, 0.717) is 22.6 Å². The van der Waals surface area contributed by atoms with Gasteiger partial charge in [-0.15, -0.1) is 0 Å². The van der Waals surface area contributed by atoms with Crippen molar-refractivity contribution >= 4 is 23.6 Å². The fourth-order valence-corrected chi connectivity index (χ4v) is 3.75. The summed E-state index contributed by atoms with van der Waals surface area (Å²) in [5.41, 5.74) is 0.958. The Hall–Kier alpha value is -4.15. The molecule has 39 heavy (non-hydrogen) atoms. The van der Waals surface area contributed by atoms with Crippen LogP contribution in [0.25, 0.3) is 0 Å². The molecule has 0 radical (unpaired) electrons. The maximum atomic E-state index is 13.8. The number of amides is 4. The lowest BCUT2D eigenvalue weighted by atomic mass is 10.0. The largest absolute Gasteiger partial charge is 0.497 e. The highest BCUT2D eigenvalue weighted by atomic mass is 19.1. The van der Waals surface area contributed by atoms with E-state index in [-0.39, 0.29) is 31.8 Å². The van der Waals surface area contributed by atoms with Crippen LogP contribution < -0.4 is 30.7 Å². The second-order valence-corrected chi connectivity index (χ2v) is 9.34. The van der Waals surface area contributed by atoms with E-state index in [1.165, 1.54) is 20.3 Å². The zero-order valence-electron chi connectivity index (χ0n) is 22.9. The molecule has 0 aliphatic rings. The van der Waals surface area contributed by atoms with E-state index in [0.717, 1.165) is 0 Å². The smallest absolute Gasteiger partial charge is 0.315 e. The molecule has 4 N–H and O–H groups in total. The molecule has 0 heterocycles. The van der Waals surface area contributed by atoms with Gasteiger partial charge in [0.25, 0.3) is 5.91 Å². The summed E-state index contributed by atoms with van der Waals surface area (Å²) in [5.74, 6) is -1.63. The molecular formula is C28H37FN4O6. The SMILES string of the molecule is CCC(NC(=O)C(CC(C)C)NC(=O)NCc1ccccc1F)C(=O)C(=O)NCc1cc(OC)cc(OC)c1. The van der Waals surface area contributed by atoms with Crippen molar-refractivity contribution < 1.29 is 33.0 Å². The van der Waals surface area contributed by atoms with Gasteiger partial charge >= 0.3 is 6.03 Å². The number of nitrogens with one attached hydrogen (secondary N) is 4. The molecule has 2 rings (SSSR count). The van der Waals surface area contributed by atoms with Crippen LogP contribution in [0.15, 0.2) is 42.5 Å². The van der Waals surface area contributed by atoms with E-state index < -0.39 is 41.5 Å². The van der Waals surface area contributed by atoms with Crippen LogP contribution in [0.3, 0.4) is 0 Å². The van der Waals surface area contributed by atoms with Gasteiger partial charge < -0.3 is 30.7 Å². The first-order valence-electron chi connectivity index (χ1n) is 12.7. The monoisotopic (exact) mass is 544 g/mol. The molecule has 0 aliphatic carbocycles. The summed E-state index contributed by atoms with van der Waals surface area (Å²) in [5, 5.41) is 10.3. The van der Waals surface area contributed by atoms with Gasteiger partial charge in [-0.1, -0.05) is 39.0 Å². The van der Waals surface area contributed by atoms with Crippen molar-refractivity contribution in [3.05, 3.63) is 59.4 Å². The van der Waals surface area contributed by atoms with Gasteiger partial charge in [0, 0.05) is 24.7 Å². The highest BCUT2D eigenvalue weighted by molar-refractivity contribution is 6.38. The molecule has 0 aromatic heterocycles. The second kappa shape index (κ2) is 15.3. The van der Waals surface area contributed by atoms with Crippen molar-refractivity contribution in [3.8, 4) is 11.5 Å². The molecule has 10 nitrogen and oxygen atoms in total. The van der Waals surface area contributed by atoms with Crippen LogP contribution >= 0.6 is 0 Å². The fraction of sp³-hybridized carbons (Fsp3) is 0.429. The lowest BCUT2D eigenvalue weighted by Gasteiger charge is -2.23. The average molecular weight is 545 g/mol. The first kappa shape index (κ1) is 31.1. The molecule has 2 aromatic carbocycles. The van der Waals surface area contributed by atoms with Crippen molar-refractivity contribution in [1.29, 1.82) is 0 Å². The van der Waals surface area contributed by atoms with Gasteiger partial charge in [-0.3, -0.25) is 14.4 Å². The number of rotatable bonds is 14. The summed E-state index contributed by atoms with van der Waals surface area (Å²) in [6, 6.07) is 8.39. The van der Waals surface area contributed by atoms with Crippen LogP contribution in [-0.2, 0) is 27.5 Å². The molecule has 11 heteroatoms. The van der Waals surface area contributed by atoms with Crippen LogP contribution in [0.2, 0.25) is 0 Å². The van der Waals surface area contributed by atoms with E-state index >= 15 is 0 Å². The first-order valence-corrected chi connectivity index (χ1v) is 12.7. The molecule has 0 saturated heterocycles. The van der Waals surface area contributed by atoms with Crippen molar-refractivity contribution in [1.82, 2.24) is 21.3 Å². The molecule has 2 unspecified atom stereocenters. The minimum atomic E-state index is -1.09. The number of carbonyl (C=O) groups excluding carboxylic acids is 4. The summed E-state index contributed by atoms with van der Waals surface area (Å²) in [7, 11) is 3.01. The molecule has 0 fully saturated rings. The number of carbonyl (C=O) groups is 4. The number of halogens is 1. The molecule has 0 aliphatic heterocycles. The van der Waals surface area contributed by atoms with Crippen molar-refractivity contribution in [2.24, 2.45) is 5.92 Å². The lowest BCUT2D eigenvalue weighted by molar-refractivity contribution is -0.140. The van der Waals surface area contributed by atoms with Crippen LogP contribution in [0, 0.1) is 11.7 Å². The Balaban J connectivity index is 1.99. The number of ether oxygens (including phenoxy) is 2. The van der Waals surface area contributed by atoms with Crippen LogP contribution in [0.5, 0.6) is 11.5 Å². The Labute approximate surface area is 228 Å². The highest BCUT2D eigenvalue weighted by Gasteiger charge is 2.29. The third kappa shape index (κ3) is 9.91. The average Bonchev–Trinajstić information content (AvgIpc) is 2.92. The predicted octanol–water partition coefficient (Wildman–Crippen LogP) is 2.84. The Kier molecular flexibility index (Phi) is 12.2. The minimum absolute atomic E-state index is 0.0338.